The number of rotatable bonds is 9. The summed E-state index contributed by atoms with van der Waals surface area (Å²) in [6.07, 6.45) is 5.03. The fourth-order valence-corrected chi connectivity index (χ4v) is 4.40. The molecule has 1 aromatic carbocycles. The SMILES string of the molecule is Cc1ncc(-c2cnc(OCCOc3ccccc3)c(F)c2)c(N2CCC(C)(C)CC2)c1CC(=O)O. The molecule has 4 rings (SSSR count). The van der Waals surface area contributed by atoms with E-state index in [0.29, 0.717) is 28.1 Å². The van der Waals surface area contributed by atoms with Crippen molar-refractivity contribution < 1.29 is 23.8 Å². The number of nitrogens with zero attached hydrogens (tertiary/aromatic N) is 3. The van der Waals surface area contributed by atoms with Crippen molar-refractivity contribution in [1.82, 2.24) is 9.97 Å². The minimum absolute atomic E-state index is 0.109. The van der Waals surface area contributed by atoms with E-state index in [4.69, 9.17) is 9.47 Å². The van der Waals surface area contributed by atoms with Crippen molar-refractivity contribution >= 4 is 11.7 Å². The maximum atomic E-state index is 15.0. The molecule has 1 aliphatic heterocycles. The molecule has 0 aliphatic carbocycles. The molecule has 3 heterocycles. The Morgan fingerprint density at radius 2 is 1.78 bits per heavy atom. The summed E-state index contributed by atoms with van der Waals surface area (Å²) >= 11 is 0. The Labute approximate surface area is 210 Å². The van der Waals surface area contributed by atoms with Crippen LogP contribution >= 0.6 is 0 Å². The normalized spacial score (nSPS) is 14.9. The second-order valence-electron chi connectivity index (χ2n) is 9.83. The number of aromatic nitrogens is 2. The molecule has 0 radical (unpaired) electrons. The Morgan fingerprint density at radius 1 is 1.08 bits per heavy atom. The number of carbonyl (C=O) groups is 1. The van der Waals surface area contributed by atoms with Crippen molar-refractivity contribution in [3.8, 4) is 22.8 Å². The number of para-hydroxylation sites is 1. The highest BCUT2D eigenvalue weighted by atomic mass is 19.1. The Balaban J connectivity index is 1.57. The van der Waals surface area contributed by atoms with E-state index in [9.17, 15) is 14.3 Å². The lowest BCUT2D eigenvalue weighted by Gasteiger charge is -2.40. The number of aliphatic carboxylic acids is 1. The van der Waals surface area contributed by atoms with Crippen LogP contribution in [0.3, 0.4) is 0 Å². The van der Waals surface area contributed by atoms with E-state index in [1.54, 1.807) is 12.4 Å². The summed E-state index contributed by atoms with van der Waals surface area (Å²) in [7, 11) is 0. The number of anilines is 1. The molecule has 1 aliphatic rings. The number of benzene rings is 1. The minimum Gasteiger partial charge on any atom is -0.490 e. The molecule has 0 bridgehead atoms. The molecule has 0 spiro atoms. The molecule has 1 saturated heterocycles. The number of carboxylic acid groups (broad SMARTS) is 1. The Morgan fingerprint density at radius 3 is 2.44 bits per heavy atom. The zero-order chi connectivity index (χ0) is 25.7. The van der Waals surface area contributed by atoms with Gasteiger partial charge in [-0.3, -0.25) is 9.78 Å². The van der Waals surface area contributed by atoms with Gasteiger partial charge in [0.25, 0.3) is 5.88 Å². The Bertz CT molecular complexity index is 1210. The van der Waals surface area contributed by atoms with Gasteiger partial charge in [-0.1, -0.05) is 32.0 Å². The largest absolute Gasteiger partial charge is 0.490 e. The van der Waals surface area contributed by atoms with E-state index in [2.05, 4.69) is 28.7 Å². The molecular formula is C28H32FN3O4. The van der Waals surface area contributed by atoms with Crippen LogP contribution in [0.25, 0.3) is 11.1 Å². The number of pyridine rings is 2. The number of piperidine rings is 1. The molecule has 3 aromatic rings. The van der Waals surface area contributed by atoms with Gasteiger partial charge in [0.1, 0.15) is 19.0 Å². The van der Waals surface area contributed by atoms with E-state index >= 15 is 0 Å². The van der Waals surface area contributed by atoms with Crippen LogP contribution in [0.5, 0.6) is 11.6 Å². The highest BCUT2D eigenvalue weighted by Gasteiger charge is 2.29. The highest BCUT2D eigenvalue weighted by Crippen LogP contribution is 2.40. The van der Waals surface area contributed by atoms with Crippen LogP contribution in [0.4, 0.5) is 10.1 Å². The number of hydrogen-bond donors (Lipinski definition) is 1. The van der Waals surface area contributed by atoms with E-state index < -0.39 is 11.8 Å². The molecule has 2 aromatic heterocycles. The van der Waals surface area contributed by atoms with Crippen molar-refractivity contribution in [2.45, 2.75) is 40.0 Å². The van der Waals surface area contributed by atoms with Gasteiger partial charge in [0.05, 0.1) is 12.1 Å². The first kappa shape index (κ1) is 25.4. The van der Waals surface area contributed by atoms with Gasteiger partial charge in [-0.05, 0) is 43.4 Å². The van der Waals surface area contributed by atoms with Crippen molar-refractivity contribution in [1.29, 1.82) is 0 Å². The summed E-state index contributed by atoms with van der Waals surface area (Å²) in [6.45, 7) is 8.26. The van der Waals surface area contributed by atoms with Crippen molar-refractivity contribution in [2.75, 3.05) is 31.2 Å². The summed E-state index contributed by atoms with van der Waals surface area (Å²) in [4.78, 5) is 22.5. The summed E-state index contributed by atoms with van der Waals surface area (Å²) < 4.78 is 26.1. The van der Waals surface area contributed by atoms with Gasteiger partial charge >= 0.3 is 5.97 Å². The molecule has 7 nitrogen and oxygen atoms in total. The lowest BCUT2D eigenvalue weighted by atomic mass is 9.82. The lowest BCUT2D eigenvalue weighted by Crippen LogP contribution is -2.38. The molecule has 0 unspecified atom stereocenters. The molecule has 190 valence electrons. The van der Waals surface area contributed by atoms with Crippen LogP contribution in [0.15, 0.2) is 48.8 Å². The zero-order valence-corrected chi connectivity index (χ0v) is 21.0. The summed E-state index contributed by atoms with van der Waals surface area (Å²) in [5, 5.41) is 9.57. The Hall–Kier alpha value is -3.68. The zero-order valence-electron chi connectivity index (χ0n) is 21.0. The predicted octanol–water partition coefficient (Wildman–Crippen LogP) is 5.30. The van der Waals surface area contributed by atoms with E-state index in [1.807, 2.05) is 37.3 Å². The summed E-state index contributed by atoms with van der Waals surface area (Å²) in [6, 6.07) is 10.7. The molecule has 1 fully saturated rings. The number of carboxylic acids is 1. The standard InChI is InChI=1S/C28H32FN3O4/c1-19-22(16-25(33)34)26(32-11-9-28(2,3)10-12-32)23(18-30-19)20-15-24(29)27(31-17-20)36-14-13-35-21-7-5-4-6-8-21/h4-8,15,17-18H,9-14,16H2,1-3H3,(H,33,34). The fourth-order valence-electron chi connectivity index (χ4n) is 4.40. The van der Waals surface area contributed by atoms with Gasteiger partial charge in [-0.2, -0.15) is 0 Å². The molecule has 8 heteroatoms. The molecular weight excluding hydrogens is 461 g/mol. The Kier molecular flexibility index (Phi) is 7.72. The van der Waals surface area contributed by atoms with Crippen LogP contribution in [0.2, 0.25) is 0 Å². The van der Waals surface area contributed by atoms with Gasteiger partial charge in [-0.15, -0.1) is 0 Å². The van der Waals surface area contributed by atoms with Crippen LogP contribution in [-0.4, -0.2) is 47.3 Å². The quantitative estimate of drug-likeness (QED) is 0.405. The monoisotopic (exact) mass is 493 g/mol. The summed E-state index contributed by atoms with van der Waals surface area (Å²) in [5.74, 6) is -0.926. The second-order valence-corrected chi connectivity index (χ2v) is 9.83. The highest BCUT2D eigenvalue weighted by molar-refractivity contribution is 5.84. The molecule has 1 N–H and O–H groups in total. The van der Waals surface area contributed by atoms with E-state index in [-0.39, 0.29) is 30.9 Å². The molecule has 0 saturated carbocycles. The van der Waals surface area contributed by atoms with Crippen LogP contribution in [0.1, 0.15) is 37.9 Å². The first-order valence-corrected chi connectivity index (χ1v) is 12.2. The third-order valence-corrected chi connectivity index (χ3v) is 6.58. The smallest absolute Gasteiger partial charge is 0.307 e. The number of hydrogen-bond acceptors (Lipinski definition) is 6. The first-order valence-electron chi connectivity index (χ1n) is 12.2. The molecule has 0 atom stereocenters. The van der Waals surface area contributed by atoms with Crippen molar-refractivity contribution in [3.05, 3.63) is 65.9 Å². The van der Waals surface area contributed by atoms with E-state index in [1.165, 1.54) is 6.07 Å². The minimum atomic E-state index is -0.929. The van der Waals surface area contributed by atoms with Gasteiger partial charge in [0.2, 0.25) is 0 Å². The lowest BCUT2D eigenvalue weighted by molar-refractivity contribution is -0.136. The molecule has 0 amide bonds. The fraction of sp³-hybridized carbons (Fsp3) is 0.393. The van der Waals surface area contributed by atoms with Crippen LogP contribution in [0, 0.1) is 18.2 Å². The van der Waals surface area contributed by atoms with Gasteiger partial charge in [-0.25, -0.2) is 9.37 Å². The first-order chi connectivity index (χ1) is 17.2. The maximum absolute atomic E-state index is 15.0. The van der Waals surface area contributed by atoms with E-state index in [0.717, 1.165) is 31.6 Å². The maximum Gasteiger partial charge on any atom is 0.307 e. The van der Waals surface area contributed by atoms with Crippen molar-refractivity contribution in [3.63, 3.8) is 0 Å². The van der Waals surface area contributed by atoms with Gasteiger partial charge in [0, 0.05) is 47.9 Å². The third kappa shape index (κ3) is 6.11. The van der Waals surface area contributed by atoms with Crippen molar-refractivity contribution in [2.24, 2.45) is 5.41 Å². The van der Waals surface area contributed by atoms with Crippen LogP contribution < -0.4 is 14.4 Å². The number of halogens is 1. The summed E-state index contributed by atoms with van der Waals surface area (Å²) in [5.41, 5.74) is 3.53. The average molecular weight is 494 g/mol. The average Bonchev–Trinajstić information content (AvgIpc) is 2.84. The van der Waals surface area contributed by atoms with Crippen LogP contribution in [-0.2, 0) is 11.2 Å². The number of aryl methyl sites for hydroxylation is 1. The van der Waals surface area contributed by atoms with Gasteiger partial charge in [0.15, 0.2) is 5.82 Å². The topological polar surface area (TPSA) is 84.8 Å². The molecule has 36 heavy (non-hydrogen) atoms. The number of ether oxygens (including phenoxy) is 2. The van der Waals surface area contributed by atoms with Gasteiger partial charge < -0.3 is 19.5 Å². The second kappa shape index (κ2) is 10.9. The predicted molar refractivity (Wildman–Crippen MR) is 136 cm³/mol. The third-order valence-electron chi connectivity index (χ3n) is 6.58.